The Hall–Kier alpha value is -1.88. The molecule has 0 aliphatic carbocycles. The van der Waals surface area contributed by atoms with Gasteiger partial charge < -0.3 is 9.84 Å². The zero-order valence-electron chi connectivity index (χ0n) is 9.43. The van der Waals surface area contributed by atoms with Crippen LogP contribution in [0.15, 0.2) is 24.3 Å². The second kappa shape index (κ2) is 4.55. The van der Waals surface area contributed by atoms with Gasteiger partial charge in [0.2, 0.25) is 5.01 Å². The number of aromatic nitrogens is 1. The van der Waals surface area contributed by atoms with Gasteiger partial charge in [0.25, 0.3) is 0 Å². The molecule has 0 fully saturated rings. The molecule has 5 heteroatoms. The maximum atomic E-state index is 10.8. The monoisotopic (exact) mass is 249 g/mol. The zero-order valence-corrected chi connectivity index (χ0v) is 10.2. The molecule has 2 rings (SSSR count). The number of methoxy groups -OCH3 is 1. The molecule has 0 saturated heterocycles. The minimum atomic E-state index is -0.988. The molecular formula is C12H11NO3S. The standard InChI is InChI=1S/C12H11NO3S/c1-7-10(13-11(17-7)12(14)15)8-3-5-9(16-2)6-4-8/h3-6H,1-2H3,(H,14,15). The Morgan fingerprint density at radius 2 is 2.00 bits per heavy atom. The molecule has 0 bridgehead atoms. The summed E-state index contributed by atoms with van der Waals surface area (Å²) in [5, 5.41) is 9.00. The molecule has 0 aliphatic heterocycles. The van der Waals surface area contributed by atoms with Crippen molar-refractivity contribution in [1.82, 2.24) is 4.98 Å². The second-order valence-electron chi connectivity index (χ2n) is 3.46. The average molecular weight is 249 g/mol. The van der Waals surface area contributed by atoms with E-state index in [1.54, 1.807) is 7.11 Å². The third kappa shape index (κ3) is 2.29. The van der Waals surface area contributed by atoms with E-state index in [4.69, 9.17) is 9.84 Å². The molecule has 88 valence electrons. The number of benzene rings is 1. The predicted molar refractivity (Wildman–Crippen MR) is 65.8 cm³/mol. The van der Waals surface area contributed by atoms with Crippen molar-refractivity contribution in [2.75, 3.05) is 7.11 Å². The summed E-state index contributed by atoms with van der Waals surface area (Å²) in [6.45, 7) is 1.86. The van der Waals surface area contributed by atoms with E-state index in [-0.39, 0.29) is 5.01 Å². The van der Waals surface area contributed by atoms with Crippen LogP contribution in [0.4, 0.5) is 0 Å². The highest BCUT2D eigenvalue weighted by atomic mass is 32.1. The molecule has 17 heavy (non-hydrogen) atoms. The van der Waals surface area contributed by atoms with E-state index in [0.29, 0.717) is 0 Å². The fraction of sp³-hybridized carbons (Fsp3) is 0.167. The molecule has 0 saturated carbocycles. The molecule has 0 amide bonds. The number of aryl methyl sites for hydroxylation is 1. The number of hydrogen-bond acceptors (Lipinski definition) is 4. The predicted octanol–water partition coefficient (Wildman–Crippen LogP) is 2.83. The number of carboxylic acid groups (broad SMARTS) is 1. The van der Waals surface area contributed by atoms with E-state index in [2.05, 4.69) is 4.98 Å². The van der Waals surface area contributed by atoms with Crippen LogP contribution in [0.2, 0.25) is 0 Å². The van der Waals surface area contributed by atoms with Crippen molar-refractivity contribution in [3.05, 3.63) is 34.2 Å². The fourth-order valence-corrected chi connectivity index (χ4v) is 2.28. The van der Waals surface area contributed by atoms with Crippen LogP contribution >= 0.6 is 11.3 Å². The van der Waals surface area contributed by atoms with Crippen molar-refractivity contribution in [3.8, 4) is 17.0 Å². The van der Waals surface area contributed by atoms with E-state index in [1.807, 2.05) is 31.2 Å². The summed E-state index contributed by atoms with van der Waals surface area (Å²) < 4.78 is 5.07. The Kier molecular flexibility index (Phi) is 3.10. The van der Waals surface area contributed by atoms with E-state index in [0.717, 1.165) is 21.9 Å². The summed E-state index contributed by atoms with van der Waals surface area (Å²) in [7, 11) is 1.60. The highest BCUT2D eigenvalue weighted by Crippen LogP contribution is 2.28. The first-order chi connectivity index (χ1) is 8.11. The lowest BCUT2D eigenvalue weighted by molar-refractivity contribution is 0.0696. The quantitative estimate of drug-likeness (QED) is 0.908. The van der Waals surface area contributed by atoms with Crippen LogP contribution in [-0.2, 0) is 0 Å². The lowest BCUT2D eigenvalue weighted by atomic mass is 10.1. The molecule has 1 heterocycles. The molecule has 0 atom stereocenters. The van der Waals surface area contributed by atoms with Crippen LogP contribution in [0.3, 0.4) is 0 Å². The molecule has 2 aromatic rings. The Morgan fingerprint density at radius 1 is 1.35 bits per heavy atom. The molecule has 0 radical (unpaired) electrons. The molecule has 1 aromatic heterocycles. The Balaban J connectivity index is 2.41. The van der Waals surface area contributed by atoms with E-state index in [1.165, 1.54) is 11.3 Å². The number of rotatable bonds is 3. The normalized spacial score (nSPS) is 10.2. The summed E-state index contributed by atoms with van der Waals surface area (Å²) in [4.78, 5) is 15.8. The van der Waals surface area contributed by atoms with Crippen LogP contribution in [0.25, 0.3) is 11.3 Å². The van der Waals surface area contributed by atoms with Crippen molar-refractivity contribution in [2.45, 2.75) is 6.92 Å². The molecule has 4 nitrogen and oxygen atoms in total. The zero-order chi connectivity index (χ0) is 12.4. The van der Waals surface area contributed by atoms with E-state index >= 15 is 0 Å². The number of aromatic carboxylic acids is 1. The van der Waals surface area contributed by atoms with Gasteiger partial charge >= 0.3 is 5.97 Å². The first-order valence-corrected chi connectivity index (χ1v) is 5.78. The van der Waals surface area contributed by atoms with Crippen LogP contribution in [0.5, 0.6) is 5.75 Å². The number of nitrogens with zero attached hydrogens (tertiary/aromatic N) is 1. The van der Waals surface area contributed by atoms with Gasteiger partial charge in [0.15, 0.2) is 0 Å². The third-order valence-electron chi connectivity index (χ3n) is 2.34. The van der Waals surface area contributed by atoms with Gasteiger partial charge in [0, 0.05) is 10.4 Å². The van der Waals surface area contributed by atoms with Gasteiger partial charge in [-0.3, -0.25) is 0 Å². The molecule has 0 aliphatic rings. The maximum absolute atomic E-state index is 10.8. The number of hydrogen-bond donors (Lipinski definition) is 1. The summed E-state index contributed by atoms with van der Waals surface area (Å²) in [6.07, 6.45) is 0. The summed E-state index contributed by atoms with van der Waals surface area (Å²) in [5.74, 6) is -0.224. The van der Waals surface area contributed by atoms with Gasteiger partial charge in [-0.2, -0.15) is 0 Å². The lowest BCUT2D eigenvalue weighted by Gasteiger charge is -2.01. The number of carboxylic acids is 1. The summed E-state index contributed by atoms with van der Waals surface area (Å²) in [6, 6.07) is 7.39. The Labute approximate surface area is 103 Å². The first-order valence-electron chi connectivity index (χ1n) is 4.97. The maximum Gasteiger partial charge on any atom is 0.365 e. The number of ether oxygens (including phenoxy) is 1. The third-order valence-corrected chi connectivity index (χ3v) is 3.30. The van der Waals surface area contributed by atoms with Crippen LogP contribution in [0.1, 0.15) is 14.7 Å². The largest absolute Gasteiger partial charge is 0.497 e. The highest BCUT2D eigenvalue weighted by molar-refractivity contribution is 7.13. The fourth-order valence-electron chi connectivity index (χ4n) is 1.50. The van der Waals surface area contributed by atoms with E-state index < -0.39 is 5.97 Å². The van der Waals surface area contributed by atoms with E-state index in [9.17, 15) is 4.79 Å². The summed E-state index contributed by atoms with van der Waals surface area (Å²) >= 11 is 1.19. The van der Waals surface area contributed by atoms with Crippen LogP contribution in [0, 0.1) is 6.92 Å². The van der Waals surface area contributed by atoms with Gasteiger partial charge in [-0.05, 0) is 31.2 Å². The van der Waals surface area contributed by atoms with Gasteiger partial charge in [-0.25, -0.2) is 9.78 Å². The minimum absolute atomic E-state index is 0.119. The van der Waals surface area contributed by atoms with Crippen molar-refractivity contribution >= 4 is 17.3 Å². The van der Waals surface area contributed by atoms with Gasteiger partial charge in [0.05, 0.1) is 12.8 Å². The molecule has 1 aromatic carbocycles. The Morgan fingerprint density at radius 3 is 2.47 bits per heavy atom. The van der Waals surface area contributed by atoms with Crippen molar-refractivity contribution < 1.29 is 14.6 Å². The topological polar surface area (TPSA) is 59.4 Å². The number of thiazole rings is 1. The average Bonchev–Trinajstić information content (AvgIpc) is 2.72. The van der Waals surface area contributed by atoms with Crippen molar-refractivity contribution in [2.24, 2.45) is 0 Å². The van der Waals surface area contributed by atoms with Crippen LogP contribution < -0.4 is 4.74 Å². The molecular weight excluding hydrogens is 238 g/mol. The smallest absolute Gasteiger partial charge is 0.365 e. The molecule has 0 unspecified atom stereocenters. The molecule has 1 N–H and O–H groups in total. The van der Waals surface area contributed by atoms with Crippen LogP contribution in [-0.4, -0.2) is 23.2 Å². The van der Waals surface area contributed by atoms with Gasteiger partial charge in [-0.1, -0.05) is 0 Å². The molecule has 0 spiro atoms. The highest BCUT2D eigenvalue weighted by Gasteiger charge is 2.14. The van der Waals surface area contributed by atoms with Gasteiger partial charge in [0.1, 0.15) is 5.75 Å². The van der Waals surface area contributed by atoms with Crippen molar-refractivity contribution in [3.63, 3.8) is 0 Å². The second-order valence-corrected chi connectivity index (χ2v) is 4.66. The Bertz CT molecular complexity index is 545. The lowest BCUT2D eigenvalue weighted by Crippen LogP contribution is -1.94. The summed E-state index contributed by atoms with van der Waals surface area (Å²) in [5.41, 5.74) is 1.61. The van der Waals surface area contributed by atoms with Gasteiger partial charge in [-0.15, -0.1) is 11.3 Å². The number of carbonyl (C=O) groups is 1. The van der Waals surface area contributed by atoms with Crippen molar-refractivity contribution in [1.29, 1.82) is 0 Å². The SMILES string of the molecule is COc1ccc(-c2nc(C(=O)O)sc2C)cc1. The first kappa shape index (κ1) is 11.6. The minimum Gasteiger partial charge on any atom is -0.497 e.